The lowest BCUT2D eigenvalue weighted by molar-refractivity contribution is 0.0238. The predicted molar refractivity (Wildman–Crippen MR) is 91.6 cm³/mol. The van der Waals surface area contributed by atoms with Crippen LogP contribution in [0.25, 0.3) is 0 Å². The minimum absolute atomic E-state index is 0.584. The highest BCUT2D eigenvalue weighted by Crippen LogP contribution is 2.37. The van der Waals surface area contributed by atoms with Gasteiger partial charge in [0.25, 0.3) is 0 Å². The summed E-state index contributed by atoms with van der Waals surface area (Å²) in [6.07, 6.45) is 19.6. The Kier molecular flexibility index (Phi) is 8.14. The van der Waals surface area contributed by atoms with Crippen LogP contribution in [0, 0.1) is 17.8 Å². The molecule has 0 saturated heterocycles. The van der Waals surface area contributed by atoms with Crippen LogP contribution in [-0.2, 0) is 4.74 Å². The Morgan fingerprint density at radius 3 is 1.62 bits per heavy atom. The molecular formula is C20H38O. The normalized spacial score (nSPS) is 34.0. The van der Waals surface area contributed by atoms with Crippen molar-refractivity contribution in [2.24, 2.45) is 17.8 Å². The zero-order valence-corrected chi connectivity index (χ0v) is 14.6. The Balaban J connectivity index is 1.54. The van der Waals surface area contributed by atoms with Gasteiger partial charge >= 0.3 is 0 Å². The lowest BCUT2D eigenvalue weighted by atomic mass is 9.76. The third kappa shape index (κ3) is 6.30. The minimum atomic E-state index is 0.584. The van der Waals surface area contributed by atoms with Gasteiger partial charge in [-0.3, -0.25) is 0 Å². The van der Waals surface area contributed by atoms with Crippen LogP contribution in [0.15, 0.2) is 0 Å². The molecule has 0 aliphatic heterocycles. The summed E-state index contributed by atoms with van der Waals surface area (Å²) in [5.74, 6) is 3.15. The topological polar surface area (TPSA) is 9.23 Å². The number of hydrogen-bond acceptors (Lipinski definition) is 1. The Labute approximate surface area is 133 Å². The summed E-state index contributed by atoms with van der Waals surface area (Å²) in [6, 6.07) is 0. The molecule has 2 saturated carbocycles. The molecule has 1 nitrogen and oxygen atoms in total. The summed E-state index contributed by atoms with van der Waals surface area (Å²) in [5, 5.41) is 0. The number of rotatable bonds is 8. The van der Waals surface area contributed by atoms with Crippen LogP contribution in [0.2, 0.25) is 0 Å². The molecule has 0 spiro atoms. The second kappa shape index (κ2) is 9.87. The first kappa shape index (κ1) is 17.3. The van der Waals surface area contributed by atoms with E-state index in [4.69, 9.17) is 4.74 Å². The molecule has 2 aliphatic rings. The maximum atomic E-state index is 5.77. The van der Waals surface area contributed by atoms with Crippen LogP contribution < -0.4 is 0 Å². The highest BCUT2D eigenvalue weighted by molar-refractivity contribution is 4.77. The van der Waals surface area contributed by atoms with Crippen LogP contribution in [0.5, 0.6) is 0 Å². The molecule has 2 aliphatic carbocycles. The van der Waals surface area contributed by atoms with Gasteiger partial charge < -0.3 is 4.74 Å². The lowest BCUT2D eigenvalue weighted by Crippen LogP contribution is -2.22. The maximum Gasteiger partial charge on any atom is 0.0575 e. The predicted octanol–water partition coefficient (Wildman–Crippen LogP) is 6.36. The Hall–Kier alpha value is -0.0400. The Morgan fingerprint density at radius 1 is 0.667 bits per heavy atom. The molecule has 0 atom stereocenters. The average molecular weight is 295 g/mol. The minimum Gasteiger partial charge on any atom is -0.379 e. The van der Waals surface area contributed by atoms with Gasteiger partial charge in [-0.15, -0.1) is 0 Å². The van der Waals surface area contributed by atoms with Gasteiger partial charge in [0.05, 0.1) is 6.10 Å². The van der Waals surface area contributed by atoms with Gasteiger partial charge in [0.15, 0.2) is 0 Å². The van der Waals surface area contributed by atoms with E-state index in [1.165, 1.54) is 83.5 Å². The van der Waals surface area contributed by atoms with Gasteiger partial charge in [-0.05, 0) is 50.4 Å². The van der Waals surface area contributed by atoms with Crippen LogP contribution in [0.3, 0.4) is 0 Å². The summed E-state index contributed by atoms with van der Waals surface area (Å²) in [5.41, 5.74) is 0. The quantitative estimate of drug-likeness (QED) is 0.506. The van der Waals surface area contributed by atoms with Crippen molar-refractivity contribution < 1.29 is 4.74 Å². The van der Waals surface area contributed by atoms with Crippen molar-refractivity contribution in [2.75, 3.05) is 6.61 Å². The average Bonchev–Trinajstić information content (AvgIpc) is 2.53. The van der Waals surface area contributed by atoms with Gasteiger partial charge in [0.2, 0.25) is 0 Å². The zero-order chi connectivity index (χ0) is 14.9. The largest absolute Gasteiger partial charge is 0.379 e. The fourth-order valence-corrected chi connectivity index (χ4v) is 4.60. The second-order valence-electron chi connectivity index (χ2n) is 7.70. The van der Waals surface area contributed by atoms with Gasteiger partial charge in [-0.25, -0.2) is 0 Å². The SMILES string of the molecule is CCCC[C@H]1CC[C@H](CC[C@H]2CC[C@H](OCC)CC2)CC1. The molecule has 0 aromatic heterocycles. The van der Waals surface area contributed by atoms with Crippen molar-refractivity contribution in [3.05, 3.63) is 0 Å². The van der Waals surface area contributed by atoms with Crippen molar-refractivity contribution in [2.45, 2.75) is 103 Å². The van der Waals surface area contributed by atoms with E-state index in [-0.39, 0.29) is 0 Å². The van der Waals surface area contributed by atoms with Crippen molar-refractivity contribution >= 4 is 0 Å². The standard InChI is InChI=1S/C20H38O/c1-3-5-6-17-7-9-18(10-8-17)11-12-19-13-15-20(16-14-19)21-4-2/h17-20H,3-16H2,1-2H3/t17-,18-,19-,20-. The zero-order valence-electron chi connectivity index (χ0n) is 14.6. The molecule has 0 bridgehead atoms. The molecule has 0 unspecified atom stereocenters. The van der Waals surface area contributed by atoms with Gasteiger partial charge in [-0.2, -0.15) is 0 Å². The molecule has 124 valence electrons. The van der Waals surface area contributed by atoms with E-state index in [9.17, 15) is 0 Å². The third-order valence-electron chi connectivity index (χ3n) is 6.11. The molecule has 0 radical (unpaired) electrons. The second-order valence-corrected chi connectivity index (χ2v) is 7.70. The molecule has 0 N–H and O–H groups in total. The maximum absolute atomic E-state index is 5.77. The summed E-state index contributed by atoms with van der Waals surface area (Å²) >= 11 is 0. The molecule has 0 amide bonds. The first-order valence-electron chi connectivity index (χ1n) is 9.93. The van der Waals surface area contributed by atoms with Crippen LogP contribution in [0.1, 0.15) is 97.3 Å². The molecule has 21 heavy (non-hydrogen) atoms. The van der Waals surface area contributed by atoms with E-state index < -0.39 is 0 Å². The number of hydrogen-bond donors (Lipinski definition) is 0. The van der Waals surface area contributed by atoms with Crippen LogP contribution in [0.4, 0.5) is 0 Å². The molecule has 2 fully saturated rings. The number of unbranched alkanes of at least 4 members (excludes halogenated alkanes) is 1. The summed E-state index contributed by atoms with van der Waals surface area (Å²) < 4.78 is 5.77. The highest BCUT2D eigenvalue weighted by Gasteiger charge is 2.24. The monoisotopic (exact) mass is 294 g/mol. The van der Waals surface area contributed by atoms with Crippen molar-refractivity contribution in [3.63, 3.8) is 0 Å². The fraction of sp³-hybridized carbons (Fsp3) is 1.00. The van der Waals surface area contributed by atoms with E-state index >= 15 is 0 Å². The van der Waals surface area contributed by atoms with E-state index in [0.717, 1.165) is 24.4 Å². The first-order valence-corrected chi connectivity index (χ1v) is 9.93. The van der Waals surface area contributed by atoms with Crippen molar-refractivity contribution in [3.8, 4) is 0 Å². The van der Waals surface area contributed by atoms with Gasteiger partial charge in [-0.1, -0.05) is 64.7 Å². The number of ether oxygens (including phenoxy) is 1. The molecule has 0 aromatic carbocycles. The molecular weight excluding hydrogens is 256 g/mol. The summed E-state index contributed by atoms with van der Waals surface area (Å²) in [4.78, 5) is 0. The third-order valence-corrected chi connectivity index (χ3v) is 6.11. The van der Waals surface area contributed by atoms with Gasteiger partial charge in [0, 0.05) is 6.61 Å². The van der Waals surface area contributed by atoms with E-state index in [1.807, 2.05) is 0 Å². The first-order chi connectivity index (χ1) is 10.3. The van der Waals surface area contributed by atoms with E-state index in [2.05, 4.69) is 13.8 Å². The molecule has 1 heteroatoms. The molecule has 0 aromatic rings. The van der Waals surface area contributed by atoms with E-state index in [0.29, 0.717) is 6.10 Å². The Bertz CT molecular complexity index is 247. The van der Waals surface area contributed by atoms with Crippen LogP contribution in [-0.4, -0.2) is 12.7 Å². The molecule has 2 rings (SSSR count). The summed E-state index contributed by atoms with van der Waals surface area (Å²) in [7, 11) is 0. The smallest absolute Gasteiger partial charge is 0.0575 e. The highest BCUT2D eigenvalue weighted by atomic mass is 16.5. The van der Waals surface area contributed by atoms with Gasteiger partial charge in [0.1, 0.15) is 0 Å². The fourth-order valence-electron chi connectivity index (χ4n) is 4.60. The van der Waals surface area contributed by atoms with Crippen molar-refractivity contribution in [1.29, 1.82) is 0 Å². The van der Waals surface area contributed by atoms with Crippen LogP contribution >= 0.6 is 0 Å². The lowest BCUT2D eigenvalue weighted by Gasteiger charge is -2.32. The summed E-state index contributed by atoms with van der Waals surface area (Å²) in [6.45, 7) is 5.35. The van der Waals surface area contributed by atoms with E-state index in [1.54, 1.807) is 0 Å². The molecule has 0 heterocycles. The Morgan fingerprint density at radius 2 is 1.14 bits per heavy atom. The van der Waals surface area contributed by atoms with Crippen molar-refractivity contribution in [1.82, 2.24) is 0 Å².